The van der Waals surface area contributed by atoms with Gasteiger partial charge in [-0.1, -0.05) is 0 Å². The molecule has 4 nitrogen and oxygen atoms in total. The van der Waals surface area contributed by atoms with Gasteiger partial charge in [-0.25, -0.2) is 0 Å². The zero-order valence-electron chi connectivity index (χ0n) is 5.51. The summed E-state index contributed by atoms with van der Waals surface area (Å²) in [6, 6.07) is 0. The van der Waals surface area contributed by atoms with Gasteiger partial charge in [0.1, 0.15) is 0 Å². The topological polar surface area (TPSA) is 78.4 Å². The van der Waals surface area contributed by atoms with Gasteiger partial charge < -0.3 is 0 Å². The molecular formula is C3H9ClGeO4. The molecule has 0 aromatic rings. The minimum absolute atomic E-state index is 1.67. The Morgan fingerprint density at radius 1 is 1.11 bits per heavy atom. The molecule has 0 radical (unpaired) electrons. The number of rotatable bonds is 2. The van der Waals surface area contributed by atoms with Crippen LogP contribution in [0.2, 0.25) is 17.3 Å². The van der Waals surface area contributed by atoms with E-state index in [1.54, 1.807) is 17.3 Å². The molecule has 6 heteroatoms. The zero-order chi connectivity index (χ0) is 7.71. The predicted molar refractivity (Wildman–Crippen MR) is 24.4 cm³/mol. The molecule has 0 aliphatic rings. The van der Waals surface area contributed by atoms with Crippen molar-refractivity contribution in [3.8, 4) is 0 Å². The monoisotopic (exact) mass is 218 g/mol. The second-order valence-electron chi connectivity index (χ2n) is 2.57. The Morgan fingerprint density at radius 3 is 1.44 bits per heavy atom. The first-order chi connectivity index (χ1) is 3.71. The van der Waals surface area contributed by atoms with Crippen LogP contribution in [0.3, 0.4) is 0 Å². The van der Waals surface area contributed by atoms with Gasteiger partial charge in [-0.15, -0.1) is 0 Å². The number of hydrogen-bond acceptors (Lipinski definition) is 4. The molecule has 0 bridgehead atoms. The summed E-state index contributed by atoms with van der Waals surface area (Å²) in [5, 5.41) is 0. The van der Waals surface area contributed by atoms with E-state index in [0.717, 1.165) is 0 Å². The SMILES string of the molecule is [CH3][Ge]([CH3])([CH3])[O][Cl+3]([O-])([O-])[O-]. The molecule has 0 atom stereocenters. The first kappa shape index (κ1) is 9.67. The Balaban J connectivity index is 3.75. The summed E-state index contributed by atoms with van der Waals surface area (Å²) in [7, 11) is -4.19. The maximum atomic E-state index is 9.89. The van der Waals surface area contributed by atoms with E-state index < -0.39 is 23.8 Å². The first-order valence-corrected chi connectivity index (χ1v) is 10.7. The van der Waals surface area contributed by atoms with Gasteiger partial charge in [-0.3, -0.25) is 0 Å². The van der Waals surface area contributed by atoms with E-state index in [2.05, 4.69) is 3.32 Å². The third-order valence-electron chi connectivity index (χ3n) is 0.326. The molecule has 0 rings (SSSR count). The molecule has 0 spiro atoms. The van der Waals surface area contributed by atoms with Crippen LogP contribution in [0.25, 0.3) is 0 Å². The molecule has 0 amide bonds. The Morgan fingerprint density at radius 2 is 1.44 bits per heavy atom. The third kappa shape index (κ3) is 8.67. The van der Waals surface area contributed by atoms with Crippen LogP contribution in [-0.4, -0.2) is 13.6 Å². The van der Waals surface area contributed by atoms with Crippen LogP contribution in [0.1, 0.15) is 0 Å². The number of hydrogen-bond donors (Lipinski definition) is 0. The fourth-order valence-corrected chi connectivity index (χ4v) is 4.42. The van der Waals surface area contributed by atoms with Crippen LogP contribution in [-0.2, 0) is 3.32 Å². The molecule has 0 unspecified atom stereocenters. The fraction of sp³-hybridized carbons (Fsp3) is 1.00. The summed E-state index contributed by atoms with van der Waals surface area (Å²) in [6.07, 6.45) is 0. The average molecular weight is 217 g/mol. The van der Waals surface area contributed by atoms with Crippen LogP contribution in [0.15, 0.2) is 0 Å². The van der Waals surface area contributed by atoms with Gasteiger partial charge in [0.2, 0.25) is 0 Å². The second kappa shape index (κ2) is 2.73. The average Bonchev–Trinajstić information content (AvgIpc) is 1.14. The van der Waals surface area contributed by atoms with Crippen LogP contribution >= 0.6 is 0 Å². The Kier molecular flexibility index (Phi) is 2.94. The maximum absolute atomic E-state index is 9.89. The summed E-state index contributed by atoms with van der Waals surface area (Å²) < 4.78 is 33.9. The van der Waals surface area contributed by atoms with Crippen molar-refractivity contribution in [1.29, 1.82) is 0 Å². The molecule has 0 fully saturated rings. The van der Waals surface area contributed by atoms with Gasteiger partial charge in [0.25, 0.3) is 0 Å². The van der Waals surface area contributed by atoms with E-state index in [4.69, 9.17) is 0 Å². The molecule has 0 N–H and O–H groups in total. The van der Waals surface area contributed by atoms with Crippen molar-refractivity contribution in [2.45, 2.75) is 17.3 Å². The van der Waals surface area contributed by atoms with Crippen molar-refractivity contribution in [2.75, 3.05) is 0 Å². The van der Waals surface area contributed by atoms with Crippen molar-refractivity contribution in [1.82, 2.24) is 0 Å². The van der Waals surface area contributed by atoms with Gasteiger partial charge in [-0.2, -0.15) is 0 Å². The fourth-order valence-electron chi connectivity index (χ4n) is 0.283. The molecule has 0 aromatic carbocycles. The van der Waals surface area contributed by atoms with Crippen molar-refractivity contribution >= 4 is 13.6 Å². The zero-order valence-corrected chi connectivity index (χ0v) is 8.36. The second-order valence-corrected chi connectivity index (χ2v) is 13.3. The summed E-state index contributed by atoms with van der Waals surface area (Å²) in [5.41, 5.74) is 0. The van der Waals surface area contributed by atoms with Gasteiger partial charge >= 0.3 is 58.4 Å². The van der Waals surface area contributed by atoms with E-state index in [-0.39, 0.29) is 0 Å². The summed E-state index contributed by atoms with van der Waals surface area (Å²) in [4.78, 5) is 0. The van der Waals surface area contributed by atoms with Crippen LogP contribution in [0.4, 0.5) is 0 Å². The molecule has 56 valence electrons. The standard InChI is InChI=1S/C3H9ClGeO4/c1-5(2,3)9-4(6,7)8/h1-3H3. The van der Waals surface area contributed by atoms with Crippen molar-refractivity contribution in [3.05, 3.63) is 0 Å². The van der Waals surface area contributed by atoms with Gasteiger partial charge in [0, 0.05) is 0 Å². The van der Waals surface area contributed by atoms with Crippen molar-refractivity contribution < 1.29 is 27.5 Å². The van der Waals surface area contributed by atoms with Crippen molar-refractivity contribution in [2.24, 2.45) is 0 Å². The summed E-state index contributed by atoms with van der Waals surface area (Å²) in [6.45, 7) is 0. The van der Waals surface area contributed by atoms with Crippen molar-refractivity contribution in [3.63, 3.8) is 0 Å². The van der Waals surface area contributed by atoms with Crippen LogP contribution in [0.5, 0.6) is 0 Å². The normalized spacial score (nSPS) is 14.0. The Hall–Kier alpha value is 0.673. The van der Waals surface area contributed by atoms with Crippen LogP contribution < -0.4 is 14.0 Å². The minimum atomic E-state index is -4.19. The van der Waals surface area contributed by atoms with E-state index in [0.29, 0.717) is 0 Å². The van der Waals surface area contributed by atoms with E-state index in [9.17, 15) is 14.0 Å². The molecule has 9 heavy (non-hydrogen) atoms. The molecule has 0 aromatic heterocycles. The van der Waals surface area contributed by atoms with E-state index in [1.165, 1.54) is 0 Å². The molecule has 0 saturated heterocycles. The van der Waals surface area contributed by atoms with Gasteiger partial charge in [-0.05, 0) is 0 Å². The predicted octanol–water partition coefficient (Wildman–Crippen LogP) is -2.26. The Bertz CT molecular complexity index is 81.0. The van der Waals surface area contributed by atoms with E-state index in [1.807, 2.05) is 0 Å². The molecule has 0 saturated carbocycles. The summed E-state index contributed by atoms with van der Waals surface area (Å²) >= 11 is -2.65. The Labute approximate surface area is 58.9 Å². The molecule has 0 aliphatic carbocycles. The number of halogens is 1. The van der Waals surface area contributed by atoms with Gasteiger partial charge in [0.15, 0.2) is 0 Å². The molecule has 0 heterocycles. The molecular weight excluding hydrogens is 208 g/mol. The third-order valence-corrected chi connectivity index (χ3v) is 5.08. The van der Waals surface area contributed by atoms with Crippen LogP contribution in [0, 0.1) is 10.2 Å². The first-order valence-electron chi connectivity index (χ1n) is 2.32. The van der Waals surface area contributed by atoms with E-state index >= 15 is 0 Å². The van der Waals surface area contributed by atoms with Gasteiger partial charge in [0.05, 0.1) is 0 Å². The molecule has 0 aliphatic heterocycles. The quantitative estimate of drug-likeness (QED) is 0.489. The summed E-state index contributed by atoms with van der Waals surface area (Å²) in [5.74, 6) is 5.01.